The summed E-state index contributed by atoms with van der Waals surface area (Å²) >= 11 is 9.10. The number of hydrogen-bond donors (Lipinski definition) is 2. The fourth-order valence-electron chi connectivity index (χ4n) is 1.43. The molecule has 0 aliphatic heterocycles. The van der Waals surface area contributed by atoms with Crippen LogP contribution in [0.1, 0.15) is 0 Å². The van der Waals surface area contributed by atoms with E-state index >= 15 is 0 Å². The maximum Gasteiger partial charge on any atom is 0.323 e. The van der Waals surface area contributed by atoms with Crippen LogP contribution >= 0.6 is 27.5 Å². The van der Waals surface area contributed by atoms with Crippen LogP contribution in [0, 0.1) is 5.82 Å². The molecule has 2 N–H and O–H groups in total. The van der Waals surface area contributed by atoms with Gasteiger partial charge in [0.15, 0.2) is 0 Å². The molecule has 19 heavy (non-hydrogen) atoms. The van der Waals surface area contributed by atoms with Crippen molar-refractivity contribution in [3.63, 3.8) is 0 Å². The zero-order valence-corrected chi connectivity index (χ0v) is 11.9. The molecule has 0 aliphatic rings. The molecule has 0 aliphatic carbocycles. The normalized spacial score (nSPS) is 10.1. The number of anilines is 2. The Morgan fingerprint density at radius 1 is 1.11 bits per heavy atom. The fourth-order valence-corrected chi connectivity index (χ4v) is 1.90. The molecule has 2 rings (SSSR count). The van der Waals surface area contributed by atoms with Gasteiger partial charge in [-0.3, -0.25) is 0 Å². The van der Waals surface area contributed by atoms with Gasteiger partial charge in [0.25, 0.3) is 0 Å². The smallest absolute Gasteiger partial charge is 0.308 e. The second-order valence-electron chi connectivity index (χ2n) is 3.68. The van der Waals surface area contributed by atoms with Crippen molar-refractivity contribution < 1.29 is 9.18 Å². The van der Waals surface area contributed by atoms with Gasteiger partial charge in [-0.05, 0) is 36.4 Å². The maximum absolute atomic E-state index is 13.5. The molecule has 0 heterocycles. The van der Waals surface area contributed by atoms with E-state index in [2.05, 4.69) is 26.6 Å². The maximum atomic E-state index is 13.5. The van der Waals surface area contributed by atoms with E-state index < -0.39 is 11.8 Å². The van der Waals surface area contributed by atoms with Gasteiger partial charge in [-0.25, -0.2) is 9.18 Å². The summed E-state index contributed by atoms with van der Waals surface area (Å²) in [6.07, 6.45) is 0. The van der Waals surface area contributed by atoms with E-state index in [-0.39, 0.29) is 10.7 Å². The van der Waals surface area contributed by atoms with Crippen LogP contribution in [0.3, 0.4) is 0 Å². The third-order valence-corrected chi connectivity index (χ3v) is 3.15. The molecule has 0 atom stereocenters. The first-order chi connectivity index (χ1) is 9.06. The average molecular weight is 344 g/mol. The van der Waals surface area contributed by atoms with Gasteiger partial charge in [0.1, 0.15) is 5.82 Å². The predicted octanol–water partition coefficient (Wildman–Crippen LogP) is 4.89. The van der Waals surface area contributed by atoms with E-state index in [1.807, 2.05) is 0 Å². The van der Waals surface area contributed by atoms with Crippen molar-refractivity contribution in [1.29, 1.82) is 0 Å². The van der Waals surface area contributed by atoms with Crippen LogP contribution < -0.4 is 10.6 Å². The van der Waals surface area contributed by atoms with E-state index in [4.69, 9.17) is 11.6 Å². The number of hydrogen-bond acceptors (Lipinski definition) is 1. The fraction of sp³-hybridized carbons (Fsp3) is 0. The molecule has 0 bridgehead atoms. The third kappa shape index (κ3) is 3.68. The summed E-state index contributed by atoms with van der Waals surface area (Å²) in [7, 11) is 0. The second-order valence-corrected chi connectivity index (χ2v) is 5.01. The lowest BCUT2D eigenvalue weighted by atomic mass is 10.3. The molecule has 0 saturated carbocycles. The zero-order valence-electron chi connectivity index (χ0n) is 9.58. The van der Waals surface area contributed by atoms with E-state index in [1.54, 1.807) is 24.3 Å². The van der Waals surface area contributed by atoms with Crippen LogP contribution in [0.25, 0.3) is 0 Å². The minimum Gasteiger partial charge on any atom is -0.308 e. The van der Waals surface area contributed by atoms with E-state index in [0.29, 0.717) is 5.69 Å². The highest BCUT2D eigenvalue weighted by atomic mass is 79.9. The summed E-state index contributed by atoms with van der Waals surface area (Å²) in [5.41, 5.74) is 0.548. The molecule has 0 saturated heterocycles. The lowest BCUT2D eigenvalue weighted by Gasteiger charge is -2.09. The topological polar surface area (TPSA) is 41.1 Å². The Morgan fingerprint density at radius 3 is 2.42 bits per heavy atom. The summed E-state index contributed by atoms with van der Waals surface area (Å²) in [6.45, 7) is 0. The largest absolute Gasteiger partial charge is 0.323 e. The number of amides is 2. The number of carbonyl (C=O) groups is 1. The lowest BCUT2D eigenvalue weighted by Crippen LogP contribution is -2.20. The molecule has 3 nitrogen and oxygen atoms in total. The molecule has 0 radical (unpaired) electrons. The summed E-state index contributed by atoms with van der Waals surface area (Å²) < 4.78 is 14.4. The van der Waals surface area contributed by atoms with Crippen molar-refractivity contribution in [3.8, 4) is 0 Å². The quantitative estimate of drug-likeness (QED) is 0.801. The highest BCUT2D eigenvalue weighted by Gasteiger charge is 2.10. The van der Waals surface area contributed by atoms with Crippen LogP contribution in [-0.2, 0) is 0 Å². The predicted molar refractivity (Wildman–Crippen MR) is 78.2 cm³/mol. The molecule has 0 unspecified atom stereocenters. The molecule has 98 valence electrons. The molecule has 0 fully saturated rings. The van der Waals surface area contributed by atoms with Crippen LogP contribution in [0.2, 0.25) is 5.02 Å². The van der Waals surface area contributed by atoms with Crippen LogP contribution in [0.5, 0.6) is 0 Å². The van der Waals surface area contributed by atoms with Crippen molar-refractivity contribution in [2.75, 3.05) is 10.6 Å². The molecular weight excluding hydrogens is 335 g/mol. The van der Waals surface area contributed by atoms with Gasteiger partial charge in [0, 0.05) is 10.2 Å². The third-order valence-electron chi connectivity index (χ3n) is 2.30. The molecule has 6 heteroatoms. The molecule has 2 aromatic rings. The summed E-state index contributed by atoms with van der Waals surface area (Å²) in [4.78, 5) is 11.7. The van der Waals surface area contributed by atoms with Gasteiger partial charge in [-0.1, -0.05) is 33.6 Å². The van der Waals surface area contributed by atoms with Gasteiger partial charge in [0.05, 0.1) is 10.7 Å². The molecular formula is C13H9BrClFN2O. The Labute approximate surface area is 122 Å². The zero-order chi connectivity index (χ0) is 13.8. The number of carbonyl (C=O) groups excluding carboxylic acids is 1. The summed E-state index contributed by atoms with van der Waals surface area (Å²) in [5.74, 6) is -0.585. The number of nitrogens with one attached hydrogen (secondary N) is 2. The summed E-state index contributed by atoms with van der Waals surface area (Å²) in [5, 5.41) is 5.09. The highest BCUT2D eigenvalue weighted by Crippen LogP contribution is 2.24. The van der Waals surface area contributed by atoms with Crippen molar-refractivity contribution >= 4 is 44.9 Å². The second kappa shape index (κ2) is 6.04. The van der Waals surface area contributed by atoms with Gasteiger partial charge < -0.3 is 10.6 Å². The lowest BCUT2D eigenvalue weighted by molar-refractivity contribution is 0.262. The first-order valence-corrected chi connectivity index (χ1v) is 6.51. The number of rotatable bonds is 2. The van der Waals surface area contributed by atoms with Crippen LogP contribution in [-0.4, -0.2) is 6.03 Å². The van der Waals surface area contributed by atoms with E-state index in [0.717, 1.165) is 4.47 Å². The number of halogens is 3. The first kappa shape index (κ1) is 13.8. The molecule has 2 aromatic carbocycles. The first-order valence-electron chi connectivity index (χ1n) is 5.34. The van der Waals surface area contributed by atoms with Gasteiger partial charge in [-0.15, -0.1) is 0 Å². The number of benzene rings is 2. The van der Waals surface area contributed by atoms with Crippen molar-refractivity contribution in [3.05, 3.63) is 57.8 Å². The monoisotopic (exact) mass is 342 g/mol. The standard InChI is InChI=1S/C13H9BrClFN2O/c14-8-4-6-9(7-5-8)17-13(19)18-12-10(15)2-1-3-11(12)16/h1-7H,(H2,17,18,19). The van der Waals surface area contributed by atoms with Crippen molar-refractivity contribution in [2.45, 2.75) is 0 Å². The summed E-state index contributed by atoms with van der Waals surface area (Å²) in [6, 6.07) is 10.6. The van der Waals surface area contributed by atoms with E-state index in [1.165, 1.54) is 18.2 Å². The Morgan fingerprint density at radius 2 is 1.79 bits per heavy atom. The molecule has 0 spiro atoms. The number of para-hydroxylation sites is 1. The average Bonchev–Trinajstić information content (AvgIpc) is 2.37. The SMILES string of the molecule is O=C(Nc1ccc(Br)cc1)Nc1c(F)cccc1Cl. The minimum atomic E-state index is -0.585. The Balaban J connectivity index is 2.07. The minimum absolute atomic E-state index is 0.0428. The van der Waals surface area contributed by atoms with Crippen LogP contribution in [0.15, 0.2) is 46.9 Å². The Kier molecular flexibility index (Phi) is 4.39. The highest BCUT2D eigenvalue weighted by molar-refractivity contribution is 9.10. The van der Waals surface area contributed by atoms with Crippen molar-refractivity contribution in [1.82, 2.24) is 0 Å². The van der Waals surface area contributed by atoms with Gasteiger partial charge >= 0.3 is 6.03 Å². The van der Waals surface area contributed by atoms with E-state index in [9.17, 15) is 9.18 Å². The number of urea groups is 1. The van der Waals surface area contributed by atoms with Gasteiger partial charge in [0.2, 0.25) is 0 Å². The Hall–Kier alpha value is -1.59. The van der Waals surface area contributed by atoms with Crippen LogP contribution in [0.4, 0.5) is 20.6 Å². The van der Waals surface area contributed by atoms with Crippen molar-refractivity contribution in [2.24, 2.45) is 0 Å². The Bertz CT molecular complexity index is 584. The van der Waals surface area contributed by atoms with Gasteiger partial charge in [-0.2, -0.15) is 0 Å². The molecule has 0 aromatic heterocycles. The molecule has 2 amide bonds.